The van der Waals surface area contributed by atoms with Gasteiger partial charge in [-0.2, -0.15) is 11.8 Å². The summed E-state index contributed by atoms with van der Waals surface area (Å²) in [5, 5.41) is 25.5. The lowest BCUT2D eigenvalue weighted by Crippen LogP contribution is -2.58. The smallest absolute Gasteiger partial charge is 0.326 e. The van der Waals surface area contributed by atoms with E-state index in [1.165, 1.54) is 23.6 Å². The minimum absolute atomic E-state index is 0.110. The molecule has 3 rings (SSSR count). The molecule has 1 aliphatic heterocycles. The number of thioether (sulfide) groups is 1. The molecule has 0 aliphatic carbocycles. The van der Waals surface area contributed by atoms with E-state index in [-0.39, 0.29) is 6.42 Å². The molecule has 12 heteroatoms. The van der Waals surface area contributed by atoms with Gasteiger partial charge in [0.25, 0.3) is 0 Å². The number of hydrogen-bond donors (Lipinski definition) is 6. The number of fused-ring (bicyclic) bond motifs is 1. The first-order valence-corrected chi connectivity index (χ1v) is 13.6. The number of aliphatic hydroxyl groups excluding tert-OH is 1. The number of benzene rings is 1. The van der Waals surface area contributed by atoms with E-state index in [2.05, 4.69) is 15.6 Å². The number of para-hydroxylation sites is 1. The Morgan fingerprint density at radius 2 is 1.89 bits per heavy atom. The van der Waals surface area contributed by atoms with Crippen LogP contribution in [0.2, 0.25) is 0 Å². The predicted octanol–water partition coefficient (Wildman–Crippen LogP) is 0.217. The lowest BCUT2D eigenvalue weighted by atomic mass is 10.0. The standard InChI is InChI=1S/C25H35N5O6S/c1-14(31)21(26)23(33)29-19(12-15-13-27-17-7-4-3-6-16(15)17)22(32)28-18(9-11-37-2)24(34)30-10-5-8-20(30)25(35)36/h3-4,6-7,13-14,18-21,27,31H,5,8-12,26H2,1-2H3,(H,28,32)(H,29,33)(H,35,36). The Morgan fingerprint density at radius 1 is 1.19 bits per heavy atom. The van der Waals surface area contributed by atoms with E-state index < -0.39 is 54.0 Å². The number of nitrogens with two attached hydrogens (primary N) is 1. The fraction of sp³-hybridized carbons (Fsp3) is 0.520. The number of nitrogens with one attached hydrogen (secondary N) is 3. The monoisotopic (exact) mass is 533 g/mol. The first-order chi connectivity index (χ1) is 17.6. The molecule has 2 aromatic rings. The van der Waals surface area contributed by atoms with Crippen molar-refractivity contribution in [3.05, 3.63) is 36.0 Å². The molecular weight excluding hydrogens is 498 g/mol. The zero-order valence-electron chi connectivity index (χ0n) is 21.0. The van der Waals surface area contributed by atoms with Gasteiger partial charge < -0.3 is 36.5 Å². The van der Waals surface area contributed by atoms with Crippen LogP contribution >= 0.6 is 11.8 Å². The molecule has 5 unspecified atom stereocenters. The molecule has 37 heavy (non-hydrogen) atoms. The quantitative estimate of drug-likeness (QED) is 0.224. The zero-order chi connectivity index (χ0) is 27.1. The Bertz CT molecular complexity index is 1120. The van der Waals surface area contributed by atoms with Crippen molar-refractivity contribution in [3.8, 4) is 0 Å². The average Bonchev–Trinajstić information content (AvgIpc) is 3.53. The SMILES string of the molecule is CSCCC(NC(=O)C(Cc1c[nH]c2ccccc12)NC(=O)C(N)C(C)O)C(=O)N1CCCC1C(=O)O. The molecule has 7 N–H and O–H groups in total. The Hall–Kier alpha value is -3.09. The van der Waals surface area contributed by atoms with Crippen molar-refractivity contribution in [1.29, 1.82) is 0 Å². The van der Waals surface area contributed by atoms with Crippen LogP contribution in [0, 0.1) is 0 Å². The van der Waals surface area contributed by atoms with Gasteiger partial charge in [0.15, 0.2) is 0 Å². The van der Waals surface area contributed by atoms with Crippen molar-refractivity contribution in [2.45, 2.75) is 62.9 Å². The van der Waals surface area contributed by atoms with E-state index in [4.69, 9.17) is 5.73 Å². The molecule has 202 valence electrons. The number of carboxylic acid groups (broad SMARTS) is 1. The lowest BCUT2D eigenvalue weighted by Gasteiger charge is -2.29. The zero-order valence-corrected chi connectivity index (χ0v) is 21.8. The van der Waals surface area contributed by atoms with Crippen molar-refractivity contribution >= 4 is 46.4 Å². The van der Waals surface area contributed by atoms with E-state index >= 15 is 0 Å². The van der Waals surface area contributed by atoms with Gasteiger partial charge in [0.1, 0.15) is 24.2 Å². The number of aromatic amines is 1. The third kappa shape index (κ3) is 7.02. The number of likely N-dealkylation sites (tertiary alicyclic amines) is 1. The highest BCUT2D eigenvalue weighted by Gasteiger charge is 2.38. The summed E-state index contributed by atoms with van der Waals surface area (Å²) in [5.41, 5.74) is 7.44. The Balaban J connectivity index is 1.84. The normalized spacial score (nSPS) is 18.7. The van der Waals surface area contributed by atoms with Crippen LogP contribution in [0.25, 0.3) is 10.9 Å². The molecular formula is C25H35N5O6S. The summed E-state index contributed by atoms with van der Waals surface area (Å²) < 4.78 is 0. The number of nitrogens with zero attached hydrogens (tertiary/aromatic N) is 1. The number of hydrogen-bond acceptors (Lipinski definition) is 7. The van der Waals surface area contributed by atoms with Crippen molar-refractivity contribution in [2.75, 3.05) is 18.6 Å². The number of rotatable bonds is 12. The minimum Gasteiger partial charge on any atom is -0.480 e. The lowest BCUT2D eigenvalue weighted by molar-refractivity contribution is -0.149. The molecule has 5 atom stereocenters. The fourth-order valence-electron chi connectivity index (χ4n) is 4.47. The largest absolute Gasteiger partial charge is 0.480 e. The summed E-state index contributed by atoms with van der Waals surface area (Å²) in [4.78, 5) is 55.6. The molecule has 1 fully saturated rings. The third-order valence-corrected chi connectivity index (χ3v) is 7.24. The molecule has 0 radical (unpaired) electrons. The second-order valence-electron chi connectivity index (χ2n) is 9.26. The number of aromatic nitrogens is 1. The van der Waals surface area contributed by atoms with Crippen LogP contribution < -0.4 is 16.4 Å². The summed E-state index contributed by atoms with van der Waals surface area (Å²) >= 11 is 1.50. The van der Waals surface area contributed by atoms with Gasteiger partial charge in [0, 0.05) is 30.1 Å². The number of carboxylic acids is 1. The van der Waals surface area contributed by atoms with Gasteiger partial charge in [-0.3, -0.25) is 14.4 Å². The first-order valence-electron chi connectivity index (χ1n) is 12.3. The second kappa shape index (κ2) is 12.9. The summed E-state index contributed by atoms with van der Waals surface area (Å²) in [7, 11) is 0. The number of amides is 3. The van der Waals surface area contributed by atoms with Crippen molar-refractivity contribution in [2.24, 2.45) is 5.73 Å². The summed E-state index contributed by atoms with van der Waals surface area (Å²) in [6, 6.07) is 3.32. The summed E-state index contributed by atoms with van der Waals surface area (Å²) in [6.45, 7) is 1.69. The Morgan fingerprint density at radius 3 is 2.57 bits per heavy atom. The Labute approximate surface area is 219 Å². The maximum Gasteiger partial charge on any atom is 0.326 e. The molecule has 1 aromatic heterocycles. The van der Waals surface area contributed by atoms with E-state index in [1.54, 1.807) is 6.20 Å². The van der Waals surface area contributed by atoms with Gasteiger partial charge in [-0.1, -0.05) is 18.2 Å². The summed E-state index contributed by atoms with van der Waals surface area (Å²) in [6.07, 6.45) is 3.84. The molecule has 3 amide bonds. The molecule has 0 spiro atoms. The minimum atomic E-state index is -1.24. The fourth-order valence-corrected chi connectivity index (χ4v) is 4.94. The average molecular weight is 534 g/mol. The topological polar surface area (TPSA) is 178 Å². The van der Waals surface area contributed by atoms with E-state index in [9.17, 15) is 29.4 Å². The van der Waals surface area contributed by atoms with Crippen LogP contribution in [0.3, 0.4) is 0 Å². The van der Waals surface area contributed by atoms with Gasteiger partial charge in [0.05, 0.1) is 6.10 Å². The van der Waals surface area contributed by atoms with Crippen molar-refractivity contribution in [1.82, 2.24) is 20.5 Å². The highest BCUT2D eigenvalue weighted by Crippen LogP contribution is 2.21. The van der Waals surface area contributed by atoms with Gasteiger partial charge in [-0.15, -0.1) is 0 Å². The first kappa shape index (κ1) is 28.5. The highest BCUT2D eigenvalue weighted by molar-refractivity contribution is 7.98. The number of aliphatic hydroxyl groups is 1. The van der Waals surface area contributed by atoms with Crippen LogP contribution in [-0.2, 0) is 25.6 Å². The maximum absolute atomic E-state index is 13.5. The molecule has 11 nitrogen and oxygen atoms in total. The number of carbonyl (C=O) groups excluding carboxylic acids is 3. The van der Waals surface area contributed by atoms with Crippen LogP contribution in [0.1, 0.15) is 31.7 Å². The van der Waals surface area contributed by atoms with E-state index in [0.717, 1.165) is 16.5 Å². The van der Waals surface area contributed by atoms with Crippen molar-refractivity contribution in [3.63, 3.8) is 0 Å². The van der Waals surface area contributed by atoms with Gasteiger partial charge in [0.2, 0.25) is 17.7 Å². The Kier molecular flexibility index (Phi) is 9.95. The molecule has 1 saturated heterocycles. The molecule has 1 aromatic carbocycles. The van der Waals surface area contributed by atoms with Crippen LogP contribution in [0.15, 0.2) is 30.5 Å². The van der Waals surface area contributed by atoms with Gasteiger partial charge >= 0.3 is 5.97 Å². The van der Waals surface area contributed by atoms with E-state index in [1.807, 2.05) is 30.5 Å². The maximum atomic E-state index is 13.5. The van der Waals surface area contributed by atoms with Gasteiger partial charge in [-0.25, -0.2) is 4.79 Å². The van der Waals surface area contributed by atoms with Crippen LogP contribution in [0.4, 0.5) is 0 Å². The molecule has 0 saturated carbocycles. The summed E-state index contributed by atoms with van der Waals surface area (Å²) in [5.74, 6) is -2.26. The van der Waals surface area contributed by atoms with Crippen LogP contribution in [-0.4, -0.2) is 92.6 Å². The number of H-pyrrole nitrogens is 1. The van der Waals surface area contributed by atoms with E-state index in [0.29, 0.717) is 31.6 Å². The molecule has 2 heterocycles. The second-order valence-corrected chi connectivity index (χ2v) is 10.2. The molecule has 0 bridgehead atoms. The third-order valence-electron chi connectivity index (χ3n) is 6.60. The highest BCUT2D eigenvalue weighted by atomic mass is 32.2. The molecule has 1 aliphatic rings. The van der Waals surface area contributed by atoms with Gasteiger partial charge in [-0.05, 0) is 49.8 Å². The number of aliphatic carboxylic acids is 1. The van der Waals surface area contributed by atoms with Crippen molar-refractivity contribution < 1.29 is 29.4 Å². The van der Waals surface area contributed by atoms with Crippen LogP contribution in [0.5, 0.6) is 0 Å². The number of carbonyl (C=O) groups is 4. The predicted molar refractivity (Wildman–Crippen MR) is 141 cm³/mol.